The molecule has 0 bridgehead atoms. The molecule has 3 amide bonds. The highest BCUT2D eigenvalue weighted by Crippen LogP contribution is 2.13. The Morgan fingerprint density at radius 3 is 1.81 bits per heavy atom. The number of phenols is 1. The number of aromatic hydroxyl groups is 1. The Balaban J connectivity index is 3.04. The van der Waals surface area contributed by atoms with Gasteiger partial charge in [0, 0.05) is 13.1 Å². The molecule has 15 N–H and O–H groups in total. The Labute approximate surface area is 250 Å². The zero-order valence-corrected chi connectivity index (χ0v) is 24.7. The molecule has 1 rings (SSSR count). The van der Waals surface area contributed by atoms with Gasteiger partial charge in [-0.1, -0.05) is 32.4 Å². The van der Waals surface area contributed by atoms with E-state index in [9.17, 15) is 29.4 Å². The van der Waals surface area contributed by atoms with Gasteiger partial charge in [0.2, 0.25) is 17.7 Å². The first kappa shape index (κ1) is 36.4. The third-order valence-electron chi connectivity index (χ3n) is 6.66. The predicted octanol–water partition coefficient (Wildman–Crippen LogP) is -2.05. The van der Waals surface area contributed by atoms with E-state index in [0.29, 0.717) is 24.8 Å². The van der Waals surface area contributed by atoms with Gasteiger partial charge in [-0.05, 0) is 55.7 Å². The van der Waals surface area contributed by atoms with Crippen molar-refractivity contribution in [3.05, 3.63) is 29.8 Å². The normalized spacial score (nSPS) is 14.2. The summed E-state index contributed by atoms with van der Waals surface area (Å²) in [6, 6.07) is 1.75. The number of hydrogen-bond donors (Lipinski definition) is 10. The second-order valence-corrected chi connectivity index (χ2v) is 10.2. The number of phenolic OH excluding ortho intramolecular Hbond substituents is 1. The van der Waals surface area contributed by atoms with Crippen molar-refractivity contribution in [1.29, 1.82) is 0 Å². The van der Waals surface area contributed by atoms with Gasteiger partial charge < -0.3 is 54.8 Å². The van der Waals surface area contributed by atoms with Gasteiger partial charge in [-0.25, -0.2) is 4.79 Å². The van der Waals surface area contributed by atoms with Crippen LogP contribution < -0.4 is 44.6 Å². The van der Waals surface area contributed by atoms with Crippen LogP contribution >= 0.6 is 0 Å². The van der Waals surface area contributed by atoms with Crippen molar-refractivity contribution >= 4 is 35.6 Å². The summed E-state index contributed by atoms with van der Waals surface area (Å²) in [5.74, 6) is -3.76. The fourth-order valence-electron chi connectivity index (χ4n) is 4.01. The lowest BCUT2D eigenvalue weighted by Crippen LogP contribution is -2.58. The Bertz CT molecular complexity index is 1120. The molecule has 0 aliphatic carbocycles. The number of aliphatic imine (C=N–C) groups is 2. The number of amides is 3. The summed E-state index contributed by atoms with van der Waals surface area (Å²) in [6.45, 7) is 3.93. The van der Waals surface area contributed by atoms with Crippen LogP contribution in [0.15, 0.2) is 34.3 Å². The summed E-state index contributed by atoms with van der Waals surface area (Å²) in [7, 11) is 0. The van der Waals surface area contributed by atoms with Crippen molar-refractivity contribution in [1.82, 2.24) is 16.0 Å². The van der Waals surface area contributed by atoms with Crippen LogP contribution in [-0.2, 0) is 25.6 Å². The van der Waals surface area contributed by atoms with Crippen LogP contribution in [0.4, 0.5) is 0 Å². The number of guanidine groups is 2. The minimum atomic E-state index is -1.25. The van der Waals surface area contributed by atoms with Crippen molar-refractivity contribution in [2.24, 2.45) is 44.6 Å². The van der Waals surface area contributed by atoms with Gasteiger partial charge in [0.05, 0.1) is 6.04 Å². The molecule has 0 aromatic heterocycles. The maximum absolute atomic E-state index is 13.4. The van der Waals surface area contributed by atoms with Crippen LogP contribution in [0.3, 0.4) is 0 Å². The fourth-order valence-corrected chi connectivity index (χ4v) is 4.01. The molecule has 0 aliphatic rings. The first-order valence-corrected chi connectivity index (χ1v) is 14.0. The molecule has 1 aromatic rings. The van der Waals surface area contributed by atoms with E-state index >= 15 is 0 Å². The Morgan fingerprint density at radius 2 is 1.33 bits per heavy atom. The molecule has 16 nitrogen and oxygen atoms in total. The highest BCUT2D eigenvalue weighted by molar-refractivity contribution is 5.94. The average Bonchev–Trinajstić information content (AvgIpc) is 2.94. The lowest BCUT2D eigenvalue weighted by molar-refractivity contribution is -0.143. The number of carbonyl (C=O) groups excluding carboxylic acids is 3. The Morgan fingerprint density at radius 1 is 0.814 bits per heavy atom. The summed E-state index contributed by atoms with van der Waals surface area (Å²) in [6.07, 6.45) is 1.43. The molecule has 0 fully saturated rings. The maximum Gasteiger partial charge on any atom is 0.326 e. The van der Waals surface area contributed by atoms with Crippen LogP contribution in [0, 0.1) is 5.92 Å². The highest BCUT2D eigenvalue weighted by Gasteiger charge is 2.32. The first-order valence-electron chi connectivity index (χ1n) is 14.0. The molecule has 1 aromatic carbocycles. The fraction of sp³-hybridized carbons (Fsp3) is 0.556. The Kier molecular flexibility index (Phi) is 15.9. The monoisotopic (exact) mass is 606 g/mol. The van der Waals surface area contributed by atoms with E-state index in [1.807, 2.05) is 6.92 Å². The number of hydrogen-bond acceptors (Lipinski definition) is 8. The minimum Gasteiger partial charge on any atom is -0.508 e. The van der Waals surface area contributed by atoms with Crippen molar-refractivity contribution in [2.45, 2.75) is 76.5 Å². The van der Waals surface area contributed by atoms with E-state index in [-0.39, 0.29) is 55.9 Å². The van der Waals surface area contributed by atoms with Gasteiger partial charge in [0.25, 0.3) is 0 Å². The second kappa shape index (κ2) is 18.8. The quantitative estimate of drug-likeness (QED) is 0.0464. The molecular weight excluding hydrogens is 560 g/mol. The lowest BCUT2D eigenvalue weighted by atomic mass is 9.96. The minimum absolute atomic E-state index is 0.0570. The van der Waals surface area contributed by atoms with E-state index in [4.69, 9.17) is 28.7 Å². The van der Waals surface area contributed by atoms with E-state index in [1.54, 1.807) is 19.1 Å². The number of carboxylic acids is 1. The van der Waals surface area contributed by atoms with Gasteiger partial charge in [0.15, 0.2) is 11.9 Å². The number of carboxylic acid groups (broad SMARTS) is 1. The zero-order chi connectivity index (χ0) is 32.5. The van der Waals surface area contributed by atoms with Crippen LogP contribution in [0.25, 0.3) is 0 Å². The van der Waals surface area contributed by atoms with Gasteiger partial charge in [0.1, 0.15) is 23.9 Å². The number of carbonyl (C=O) groups is 4. The van der Waals surface area contributed by atoms with Gasteiger partial charge >= 0.3 is 5.97 Å². The number of rotatable bonds is 19. The van der Waals surface area contributed by atoms with E-state index in [2.05, 4.69) is 25.9 Å². The number of nitrogens with zero attached hydrogens (tertiary/aromatic N) is 2. The van der Waals surface area contributed by atoms with E-state index in [1.165, 1.54) is 12.1 Å². The number of benzene rings is 1. The second-order valence-electron chi connectivity index (χ2n) is 10.2. The van der Waals surface area contributed by atoms with Crippen molar-refractivity contribution in [2.75, 3.05) is 13.1 Å². The molecule has 16 heteroatoms. The van der Waals surface area contributed by atoms with Crippen molar-refractivity contribution < 1.29 is 29.4 Å². The summed E-state index contributed by atoms with van der Waals surface area (Å²) < 4.78 is 0. The van der Waals surface area contributed by atoms with E-state index in [0.717, 1.165) is 0 Å². The molecule has 240 valence electrons. The number of nitrogens with two attached hydrogens (primary N) is 5. The SMILES string of the molecule is CCC(C)C(NC(=O)C(CCCN=C(N)N)NC(=O)C(N)Cc1ccc(O)cc1)C(=O)NC(CCCN=C(N)N)C(=O)O. The summed E-state index contributed by atoms with van der Waals surface area (Å²) in [4.78, 5) is 59.1. The largest absolute Gasteiger partial charge is 0.508 e. The number of aliphatic carboxylic acids is 1. The molecule has 5 unspecified atom stereocenters. The predicted molar refractivity (Wildman–Crippen MR) is 162 cm³/mol. The zero-order valence-electron chi connectivity index (χ0n) is 24.7. The summed E-state index contributed by atoms with van der Waals surface area (Å²) in [5, 5.41) is 26.9. The van der Waals surface area contributed by atoms with Crippen LogP contribution in [0.1, 0.15) is 51.5 Å². The molecule has 0 spiro atoms. The molecule has 43 heavy (non-hydrogen) atoms. The van der Waals surface area contributed by atoms with Gasteiger partial charge in [-0.2, -0.15) is 0 Å². The van der Waals surface area contributed by atoms with Gasteiger partial charge in [-0.3, -0.25) is 24.4 Å². The third-order valence-corrected chi connectivity index (χ3v) is 6.66. The lowest BCUT2D eigenvalue weighted by Gasteiger charge is -2.28. The molecule has 5 atom stereocenters. The third kappa shape index (κ3) is 14.2. The van der Waals surface area contributed by atoms with Crippen LogP contribution in [-0.4, -0.2) is 83.1 Å². The summed E-state index contributed by atoms with van der Waals surface area (Å²) in [5.41, 5.74) is 28.1. The topological polar surface area (TPSA) is 300 Å². The number of nitrogens with one attached hydrogen (secondary N) is 3. The molecule has 0 aliphatic heterocycles. The van der Waals surface area contributed by atoms with Crippen LogP contribution in [0.5, 0.6) is 5.75 Å². The van der Waals surface area contributed by atoms with Crippen LogP contribution in [0.2, 0.25) is 0 Å². The molecular formula is C27H46N10O6. The van der Waals surface area contributed by atoms with Crippen molar-refractivity contribution in [3.8, 4) is 5.75 Å². The molecule has 0 saturated heterocycles. The molecule has 0 saturated carbocycles. The van der Waals surface area contributed by atoms with Gasteiger partial charge in [-0.15, -0.1) is 0 Å². The van der Waals surface area contributed by atoms with Crippen molar-refractivity contribution in [3.63, 3.8) is 0 Å². The highest BCUT2D eigenvalue weighted by atomic mass is 16.4. The smallest absolute Gasteiger partial charge is 0.326 e. The standard InChI is InChI=1S/C27H46N10O6/c1-3-15(2)21(24(41)36-20(25(42)43)7-5-13-34-27(31)32)37-23(40)19(6-4-12-33-26(29)30)35-22(39)18(28)14-16-8-10-17(38)11-9-16/h8-11,15,18-21,38H,3-7,12-14,28H2,1-2H3,(H,35,39)(H,36,41)(H,37,40)(H,42,43)(H4,29,30,33)(H4,31,32,34). The molecule has 0 radical (unpaired) electrons. The Hall–Kier alpha value is -4.60. The summed E-state index contributed by atoms with van der Waals surface area (Å²) >= 11 is 0. The van der Waals surface area contributed by atoms with E-state index < -0.39 is 47.9 Å². The molecule has 0 heterocycles. The average molecular weight is 607 g/mol. The maximum atomic E-state index is 13.4. The first-order chi connectivity index (χ1) is 20.2.